The van der Waals surface area contributed by atoms with Crippen molar-refractivity contribution in [1.29, 1.82) is 0 Å². The quantitative estimate of drug-likeness (QED) is 0.874. The monoisotopic (exact) mass is 358 g/mol. The third-order valence-corrected chi connectivity index (χ3v) is 5.28. The molecule has 0 saturated carbocycles. The first-order valence-electron chi connectivity index (χ1n) is 8.88. The van der Waals surface area contributed by atoms with Crippen molar-refractivity contribution in [3.05, 3.63) is 34.1 Å². The van der Waals surface area contributed by atoms with Crippen LogP contribution in [0.1, 0.15) is 41.3 Å². The molecule has 26 heavy (non-hydrogen) atoms. The first-order chi connectivity index (χ1) is 12.2. The minimum atomic E-state index is -0.925. The number of aryl methyl sites for hydroxylation is 1. The molecule has 0 fully saturated rings. The number of carbonyl (C=O) groups excluding carboxylic acids is 1. The second-order valence-corrected chi connectivity index (χ2v) is 7.24. The van der Waals surface area contributed by atoms with E-state index in [1.807, 2.05) is 40.8 Å². The minimum Gasteiger partial charge on any atom is -0.507 e. The van der Waals surface area contributed by atoms with Crippen molar-refractivity contribution >= 4 is 5.91 Å². The summed E-state index contributed by atoms with van der Waals surface area (Å²) < 4.78 is 7.88. The summed E-state index contributed by atoms with van der Waals surface area (Å²) in [5.41, 5.74) is 3.44. The van der Waals surface area contributed by atoms with Crippen LogP contribution in [0.5, 0.6) is 11.5 Å². The van der Waals surface area contributed by atoms with E-state index in [9.17, 15) is 9.90 Å². The molecule has 1 aliphatic heterocycles. The smallest absolute Gasteiger partial charge is 0.263 e. The van der Waals surface area contributed by atoms with Crippen LogP contribution in [-0.4, -0.2) is 38.2 Å². The summed E-state index contributed by atoms with van der Waals surface area (Å²) in [6.45, 7) is 10.4. The van der Waals surface area contributed by atoms with Gasteiger partial charge in [-0.2, -0.15) is 0 Å². The maximum Gasteiger partial charge on any atom is 0.263 e. The van der Waals surface area contributed by atoms with Crippen LogP contribution in [0.15, 0.2) is 6.20 Å². The maximum absolute atomic E-state index is 12.7. The molecule has 0 spiro atoms. The number of hydrogen-bond donors (Lipinski definition) is 2. The van der Waals surface area contributed by atoms with Crippen molar-refractivity contribution < 1.29 is 14.6 Å². The van der Waals surface area contributed by atoms with Crippen LogP contribution in [0.2, 0.25) is 0 Å². The summed E-state index contributed by atoms with van der Waals surface area (Å²) in [4.78, 5) is 12.7. The number of fused-ring (bicyclic) bond motifs is 1. The number of amides is 1. The number of aromatic hydroxyl groups is 1. The SMILES string of the molecule is Cc1cn(CCNC(=O)[C@]2(C)CCc3c(C)c(O)c(C)c(C)c3O2)nn1. The van der Waals surface area contributed by atoms with Crippen molar-refractivity contribution in [2.45, 2.75) is 59.6 Å². The van der Waals surface area contributed by atoms with Crippen molar-refractivity contribution in [1.82, 2.24) is 20.3 Å². The van der Waals surface area contributed by atoms with Gasteiger partial charge >= 0.3 is 0 Å². The van der Waals surface area contributed by atoms with Crippen molar-refractivity contribution in [3.63, 3.8) is 0 Å². The zero-order valence-electron chi connectivity index (χ0n) is 16.0. The lowest BCUT2D eigenvalue weighted by Crippen LogP contribution is -2.51. The van der Waals surface area contributed by atoms with Crippen LogP contribution in [-0.2, 0) is 17.8 Å². The first-order valence-corrected chi connectivity index (χ1v) is 8.88. The highest BCUT2D eigenvalue weighted by molar-refractivity contribution is 5.85. The Labute approximate surface area is 153 Å². The number of hydrogen-bond acceptors (Lipinski definition) is 5. The van der Waals surface area contributed by atoms with E-state index in [1.165, 1.54) is 0 Å². The Kier molecular flexibility index (Phi) is 4.64. The number of nitrogens with one attached hydrogen (secondary N) is 1. The third kappa shape index (κ3) is 3.13. The number of rotatable bonds is 4. The Morgan fingerprint density at radius 2 is 2.04 bits per heavy atom. The fourth-order valence-electron chi connectivity index (χ4n) is 3.38. The summed E-state index contributed by atoms with van der Waals surface area (Å²) in [6, 6.07) is 0. The lowest BCUT2D eigenvalue weighted by atomic mass is 9.86. The van der Waals surface area contributed by atoms with E-state index in [1.54, 1.807) is 4.68 Å². The van der Waals surface area contributed by atoms with E-state index >= 15 is 0 Å². The predicted octanol–water partition coefficient (Wildman–Crippen LogP) is 2.12. The largest absolute Gasteiger partial charge is 0.507 e. The molecule has 3 rings (SSSR count). The van der Waals surface area contributed by atoms with Crippen molar-refractivity contribution in [2.24, 2.45) is 0 Å². The van der Waals surface area contributed by atoms with Gasteiger partial charge in [0.2, 0.25) is 0 Å². The second kappa shape index (κ2) is 6.63. The molecule has 0 radical (unpaired) electrons. The van der Waals surface area contributed by atoms with E-state index in [4.69, 9.17) is 4.74 Å². The van der Waals surface area contributed by atoms with Gasteiger partial charge in [0, 0.05) is 24.7 Å². The summed E-state index contributed by atoms with van der Waals surface area (Å²) >= 11 is 0. The molecule has 2 N–H and O–H groups in total. The van der Waals surface area contributed by atoms with Crippen LogP contribution in [0.4, 0.5) is 0 Å². The Morgan fingerprint density at radius 3 is 2.69 bits per heavy atom. The van der Waals surface area contributed by atoms with E-state index in [0.717, 1.165) is 33.7 Å². The predicted molar refractivity (Wildman–Crippen MR) is 97.4 cm³/mol. The summed E-state index contributed by atoms with van der Waals surface area (Å²) in [7, 11) is 0. The molecule has 2 aromatic rings. The normalized spacial score (nSPS) is 19.0. The fourth-order valence-corrected chi connectivity index (χ4v) is 3.38. The number of carbonyl (C=O) groups is 1. The lowest BCUT2D eigenvalue weighted by Gasteiger charge is -2.36. The van der Waals surface area contributed by atoms with Crippen LogP contribution in [0.25, 0.3) is 0 Å². The minimum absolute atomic E-state index is 0.136. The zero-order valence-corrected chi connectivity index (χ0v) is 16.0. The van der Waals surface area contributed by atoms with Gasteiger partial charge in [0.25, 0.3) is 5.91 Å². The van der Waals surface area contributed by atoms with Gasteiger partial charge in [-0.3, -0.25) is 9.48 Å². The third-order valence-electron chi connectivity index (χ3n) is 5.28. The Balaban J connectivity index is 1.72. The topological polar surface area (TPSA) is 89.3 Å². The van der Waals surface area contributed by atoms with Crippen LogP contribution >= 0.6 is 0 Å². The molecule has 7 nitrogen and oxygen atoms in total. The summed E-state index contributed by atoms with van der Waals surface area (Å²) in [5.74, 6) is 0.914. The molecule has 1 aromatic heterocycles. The standard InChI is InChI=1S/C19H26N4O3/c1-11-10-23(22-21-11)9-8-20-18(25)19(5)7-6-15-14(4)16(24)12(2)13(3)17(15)26-19/h10,24H,6-9H2,1-5H3,(H,20,25)/t19-/m0/s1. The summed E-state index contributed by atoms with van der Waals surface area (Å²) in [6.07, 6.45) is 3.10. The Morgan fingerprint density at radius 1 is 1.31 bits per heavy atom. The van der Waals surface area contributed by atoms with Crippen LogP contribution < -0.4 is 10.1 Å². The maximum atomic E-state index is 12.7. The number of aromatic nitrogens is 3. The first kappa shape index (κ1) is 18.2. The molecule has 0 unspecified atom stereocenters. The van der Waals surface area contributed by atoms with Gasteiger partial charge in [-0.05, 0) is 57.7 Å². The van der Waals surface area contributed by atoms with E-state index in [0.29, 0.717) is 31.7 Å². The number of benzene rings is 1. The number of ether oxygens (including phenoxy) is 1. The number of phenols is 1. The molecule has 7 heteroatoms. The molecule has 0 bridgehead atoms. The molecule has 140 valence electrons. The average Bonchev–Trinajstić information content (AvgIpc) is 3.03. The molecule has 1 amide bonds. The molecule has 0 aliphatic carbocycles. The Hall–Kier alpha value is -2.57. The van der Waals surface area contributed by atoms with Gasteiger partial charge in [0.05, 0.1) is 12.2 Å². The molecule has 0 saturated heterocycles. The highest BCUT2D eigenvalue weighted by Crippen LogP contribution is 2.43. The summed E-state index contributed by atoms with van der Waals surface area (Å²) in [5, 5.41) is 21.1. The Bertz CT molecular complexity index is 859. The van der Waals surface area contributed by atoms with Gasteiger partial charge in [0.1, 0.15) is 11.5 Å². The zero-order chi connectivity index (χ0) is 19.1. The van der Waals surface area contributed by atoms with Gasteiger partial charge < -0.3 is 15.2 Å². The van der Waals surface area contributed by atoms with Gasteiger partial charge in [-0.25, -0.2) is 0 Å². The highest BCUT2D eigenvalue weighted by atomic mass is 16.5. The van der Waals surface area contributed by atoms with Gasteiger partial charge in [-0.15, -0.1) is 5.10 Å². The fraction of sp³-hybridized carbons (Fsp3) is 0.526. The van der Waals surface area contributed by atoms with Gasteiger partial charge in [0.15, 0.2) is 5.60 Å². The molecule has 1 atom stereocenters. The van der Waals surface area contributed by atoms with Crippen LogP contribution in [0, 0.1) is 27.7 Å². The number of phenolic OH excluding ortho intramolecular Hbond substituents is 1. The molecule has 1 aliphatic rings. The second-order valence-electron chi connectivity index (χ2n) is 7.24. The molecule has 1 aromatic carbocycles. The molecular formula is C19H26N4O3. The van der Waals surface area contributed by atoms with E-state index in [-0.39, 0.29) is 5.91 Å². The molecule has 2 heterocycles. The van der Waals surface area contributed by atoms with Crippen molar-refractivity contribution in [2.75, 3.05) is 6.54 Å². The van der Waals surface area contributed by atoms with Crippen molar-refractivity contribution in [3.8, 4) is 11.5 Å². The number of nitrogens with zero attached hydrogens (tertiary/aromatic N) is 3. The van der Waals surface area contributed by atoms with E-state index < -0.39 is 5.60 Å². The average molecular weight is 358 g/mol. The highest BCUT2D eigenvalue weighted by Gasteiger charge is 2.40. The van der Waals surface area contributed by atoms with E-state index in [2.05, 4.69) is 15.6 Å². The van der Waals surface area contributed by atoms with Gasteiger partial charge in [-0.1, -0.05) is 5.21 Å². The molecular weight excluding hydrogens is 332 g/mol. The van der Waals surface area contributed by atoms with Crippen LogP contribution in [0.3, 0.4) is 0 Å². The lowest BCUT2D eigenvalue weighted by molar-refractivity contribution is -0.136.